The van der Waals surface area contributed by atoms with E-state index in [1.165, 1.54) is 0 Å². The summed E-state index contributed by atoms with van der Waals surface area (Å²) in [6.45, 7) is 3.81. The van der Waals surface area contributed by atoms with Crippen LogP contribution in [-0.2, 0) is 22.4 Å². The van der Waals surface area contributed by atoms with Gasteiger partial charge in [-0.05, 0) is 35.2 Å². The topological polar surface area (TPSA) is 52.6 Å². The molecule has 1 N–H and O–H groups in total. The molecule has 0 bridgehead atoms. The number of hydrogen-bond donors (Lipinski definition) is 1. The molecule has 0 radical (unpaired) electrons. The van der Waals surface area contributed by atoms with Crippen LogP contribution in [0.25, 0.3) is 0 Å². The first kappa shape index (κ1) is 16.6. The second-order valence-electron chi connectivity index (χ2n) is 7.37. The summed E-state index contributed by atoms with van der Waals surface area (Å²) >= 11 is 0. The summed E-state index contributed by atoms with van der Waals surface area (Å²) in [5.74, 6) is 0.487. The SMILES string of the molecule is CC1CN(C)c2ccccc2N(C(=O)Cc2ccc3c(c2)NC(=O)C3)C1. The number of carbonyl (C=O) groups excluding carboxylic acids is 2. The number of nitrogens with zero attached hydrogens (tertiary/aromatic N) is 2. The van der Waals surface area contributed by atoms with E-state index in [-0.39, 0.29) is 11.8 Å². The number of nitrogens with one attached hydrogen (secondary N) is 1. The molecule has 4 rings (SSSR count). The number of anilines is 3. The van der Waals surface area contributed by atoms with Crippen molar-refractivity contribution in [2.24, 2.45) is 5.92 Å². The van der Waals surface area contributed by atoms with E-state index >= 15 is 0 Å². The van der Waals surface area contributed by atoms with Crippen molar-refractivity contribution in [1.29, 1.82) is 0 Å². The lowest BCUT2D eigenvalue weighted by Crippen LogP contribution is -2.36. The molecule has 134 valence electrons. The first-order chi connectivity index (χ1) is 12.5. The highest BCUT2D eigenvalue weighted by atomic mass is 16.2. The summed E-state index contributed by atoms with van der Waals surface area (Å²) in [7, 11) is 2.08. The molecule has 2 aliphatic heterocycles. The normalized spacial score (nSPS) is 18.8. The molecule has 0 saturated heterocycles. The van der Waals surface area contributed by atoms with Gasteiger partial charge in [-0.1, -0.05) is 31.2 Å². The number of carbonyl (C=O) groups is 2. The Morgan fingerprint density at radius 3 is 2.73 bits per heavy atom. The first-order valence-corrected chi connectivity index (χ1v) is 9.03. The Morgan fingerprint density at radius 1 is 1.15 bits per heavy atom. The number of amides is 2. The zero-order chi connectivity index (χ0) is 18.3. The van der Waals surface area contributed by atoms with Crippen molar-refractivity contribution in [3.05, 3.63) is 53.6 Å². The van der Waals surface area contributed by atoms with Gasteiger partial charge in [-0.15, -0.1) is 0 Å². The third-order valence-corrected chi connectivity index (χ3v) is 5.12. The molecule has 0 saturated carbocycles. The van der Waals surface area contributed by atoms with Crippen molar-refractivity contribution in [1.82, 2.24) is 0 Å². The summed E-state index contributed by atoms with van der Waals surface area (Å²) in [4.78, 5) is 28.8. The molecule has 0 spiro atoms. The lowest BCUT2D eigenvalue weighted by atomic mass is 10.1. The molecule has 1 atom stereocenters. The maximum Gasteiger partial charge on any atom is 0.231 e. The van der Waals surface area contributed by atoms with E-state index in [0.717, 1.165) is 34.7 Å². The van der Waals surface area contributed by atoms with Crippen LogP contribution >= 0.6 is 0 Å². The van der Waals surface area contributed by atoms with E-state index in [4.69, 9.17) is 0 Å². The monoisotopic (exact) mass is 349 g/mol. The fourth-order valence-corrected chi connectivity index (χ4v) is 3.93. The first-order valence-electron chi connectivity index (χ1n) is 9.03. The highest BCUT2D eigenvalue weighted by Gasteiger charge is 2.27. The van der Waals surface area contributed by atoms with Crippen molar-refractivity contribution in [3.8, 4) is 0 Å². The predicted molar refractivity (Wildman–Crippen MR) is 104 cm³/mol. The number of para-hydroxylation sites is 2. The van der Waals surface area contributed by atoms with Crippen LogP contribution in [0.4, 0.5) is 17.1 Å². The van der Waals surface area contributed by atoms with Gasteiger partial charge < -0.3 is 15.1 Å². The minimum Gasteiger partial charge on any atom is -0.373 e. The van der Waals surface area contributed by atoms with Crippen LogP contribution < -0.4 is 15.1 Å². The van der Waals surface area contributed by atoms with Gasteiger partial charge in [0.1, 0.15) is 0 Å². The molecule has 2 aromatic carbocycles. The van der Waals surface area contributed by atoms with Gasteiger partial charge >= 0.3 is 0 Å². The minimum atomic E-state index is 0.0155. The van der Waals surface area contributed by atoms with E-state index in [1.807, 2.05) is 41.3 Å². The van der Waals surface area contributed by atoms with Gasteiger partial charge in [0.05, 0.1) is 24.2 Å². The molecule has 5 nitrogen and oxygen atoms in total. The zero-order valence-corrected chi connectivity index (χ0v) is 15.2. The maximum atomic E-state index is 13.1. The van der Waals surface area contributed by atoms with Gasteiger partial charge in [0, 0.05) is 25.8 Å². The van der Waals surface area contributed by atoms with Crippen LogP contribution in [-0.4, -0.2) is 32.0 Å². The summed E-state index contributed by atoms with van der Waals surface area (Å²) < 4.78 is 0. The van der Waals surface area contributed by atoms with E-state index in [9.17, 15) is 9.59 Å². The molecule has 0 aromatic heterocycles. The van der Waals surface area contributed by atoms with Gasteiger partial charge in [0.2, 0.25) is 11.8 Å². The van der Waals surface area contributed by atoms with Crippen molar-refractivity contribution in [2.75, 3.05) is 35.3 Å². The van der Waals surface area contributed by atoms with Crippen LogP contribution in [0, 0.1) is 5.92 Å². The molecule has 2 aliphatic rings. The van der Waals surface area contributed by atoms with E-state index < -0.39 is 0 Å². The van der Waals surface area contributed by atoms with Crippen molar-refractivity contribution < 1.29 is 9.59 Å². The molecule has 1 unspecified atom stereocenters. The van der Waals surface area contributed by atoms with Crippen LogP contribution in [0.3, 0.4) is 0 Å². The Labute approximate surface area is 153 Å². The van der Waals surface area contributed by atoms with Gasteiger partial charge in [0.25, 0.3) is 0 Å². The number of hydrogen-bond acceptors (Lipinski definition) is 3. The summed E-state index contributed by atoms with van der Waals surface area (Å²) in [5, 5.41) is 2.86. The largest absolute Gasteiger partial charge is 0.373 e. The second-order valence-corrected chi connectivity index (χ2v) is 7.37. The molecule has 0 aliphatic carbocycles. The van der Waals surface area contributed by atoms with Gasteiger partial charge in [0.15, 0.2) is 0 Å². The minimum absolute atomic E-state index is 0.0155. The van der Waals surface area contributed by atoms with Crippen LogP contribution in [0.5, 0.6) is 0 Å². The Balaban J connectivity index is 1.60. The van der Waals surface area contributed by atoms with Crippen molar-refractivity contribution >= 4 is 28.9 Å². The lowest BCUT2D eigenvalue weighted by molar-refractivity contribution is -0.118. The lowest BCUT2D eigenvalue weighted by Gasteiger charge is -2.24. The third kappa shape index (κ3) is 3.05. The summed E-state index contributed by atoms with van der Waals surface area (Å²) in [6.07, 6.45) is 0.751. The molecular formula is C21H23N3O2. The predicted octanol–water partition coefficient (Wildman–Crippen LogP) is 2.84. The molecule has 2 heterocycles. The van der Waals surface area contributed by atoms with E-state index in [2.05, 4.69) is 30.3 Å². The average molecular weight is 349 g/mol. The smallest absolute Gasteiger partial charge is 0.231 e. The standard InChI is InChI=1S/C21H23N3O2/c1-14-12-23(2)18-5-3-4-6-19(18)24(13-14)21(26)10-15-7-8-16-11-20(25)22-17(16)9-15/h3-9,14H,10-13H2,1-2H3,(H,22,25). The summed E-state index contributed by atoms with van der Waals surface area (Å²) in [5.41, 5.74) is 4.83. The van der Waals surface area contributed by atoms with Crippen LogP contribution in [0.2, 0.25) is 0 Å². The Hall–Kier alpha value is -2.82. The molecule has 2 aromatic rings. The Morgan fingerprint density at radius 2 is 1.92 bits per heavy atom. The molecular weight excluding hydrogens is 326 g/mol. The number of benzene rings is 2. The maximum absolute atomic E-state index is 13.1. The number of fused-ring (bicyclic) bond motifs is 2. The van der Waals surface area contributed by atoms with Gasteiger partial charge in [-0.25, -0.2) is 0 Å². The Bertz CT molecular complexity index is 877. The highest BCUT2D eigenvalue weighted by Crippen LogP contribution is 2.33. The van der Waals surface area contributed by atoms with Crippen molar-refractivity contribution in [2.45, 2.75) is 19.8 Å². The van der Waals surface area contributed by atoms with Crippen LogP contribution in [0.15, 0.2) is 42.5 Å². The average Bonchev–Trinajstić information content (AvgIpc) is 2.92. The summed E-state index contributed by atoms with van der Waals surface area (Å²) in [6, 6.07) is 13.9. The zero-order valence-electron chi connectivity index (χ0n) is 15.2. The second kappa shape index (κ2) is 6.48. The highest BCUT2D eigenvalue weighted by molar-refractivity contribution is 6.00. The van der Waals surface area contributed by atoms with Crippen LogP contribution in [0.1, 0.15) is 18.1 Å². The number of rotatable bonds is 2. The molecule has 5 heteroatoms. The third-order valence-electron chi connectivity index (χ3n) is 5.12. The quantitative estimate of drug-likeness (QED) is 0.907. The fourth-order valence-electron chi connectivity index (χ4n) is 3.93. The molecule has 2 amide bonds. The van der Waals surface area contributed by atoms with Gasteiger partial charge in [-0.3, -0.25) is 9.59 Å². The van der Waals surface area contributed by atoms with E-state index in [1.54, 1.807) is 0 Å². The molecule has 26 heavy (non-hydrogen) atoms. The van der Waals surface area contributed by atoms with Crippen molar-refractivity contribution in [3.63, 3.8) is 0 Å². The fraction of sp³-hybridized carbons (Fsp3) is 0.333. The van der Waals surface area contributed by atoms with E-state index in [0.29, 0.717) is 25.3 Å². The molecule has 0 fully saturated rings. The Kier molecular flexibility index (Phi) is 4.15. The van der Waals surface area contributed by atoms with Gasteiger partial charge in [-0.2, -0.15) is 0 Å².